The van der Waals surface area contributed by atoms with Crippen LogP contribution in [0.5, 0.6) is 0 Å². The highest BCUT2D eigenvalue weighted by atomic mass is 19.1. The Morgan fingerprint density at radius 3 is 2.94 bits per heavy atom. The fraction of sp³-hybridized carbons (Fsp3) is 0.308. The highest BCUT2D eigenvalue weighted by molar-refractivity contribution is 5.73. The van der Waals surface area contributed by atoms with Gasteiger partial charge in [0.1, 0.15) is 5.82 Å². The lowest BCUT2D eigenvalue weighted by Crippen LogP contribution is -2.32. The summed E-state index contributed by atoms with van der Waals surface area (Å²) in [5.41, 5.74) is 1.49. The average molecular weight is 234 g/mol. The molecular formula is C13H15FN2O. The van der Waals surface area contributed by atoms with Gasteiger partial charge in [-0.25, -0.2) is 4.39 Å². The van der Waals surface area contributed by atoms with Crippen LogP contribution in [0.25, 0.3) is 5.52 Å². The van der Waals surface area contributed by atoms with Crippen molar-refractivity contribution < 1.29 is 9.18 Å². The van der Waals surface area contributed by atoms with Crippen LogP contribution >= 0.6 is 0 Å². The molecule has 0 saturated carbocycles. The lowest BCUT2D eigenvalue weighted by atomic mass is 10.1. The van der Waals surface area contributed by atoms with E-state index in [4.69, 9.17) is 0 Å². The van der Waals surface area contributed by atoms with Crippen LogP contribution in [0, 0.1) is 5.82 Å². The molecule has 0 aliphatic rings. The fourth-order valence-electron chi connectivity index (χ4n) is 2.08. The lowest BCUT2D eigenvalue weighted by molar-refractivity contribution is -0.119. The Labute approximate surface area is 99.3 Å². The molecule has 1 N–H and O–H groups in total. The molecule has 1 amide bonds. The molecule has 1 unspecified atom stereocenters. The first kappa shape index (κ1) is 11.6. The summed E-state index contributed by atoms with van der Waals surface area (Å²) < 4.78 is 15.4. The number of amides is 1. The summed E-state index contributed by atoms with van der Waals surface area (Å²) in [5.74, 6) is -0.302. The molecule has 17 heavy (non-hydrogen) atoms. The first-order chi connectivity index (χ1) is 8.08. The number of hydrogen-bond donors (Lipinski definition) is 1. The largest absolute Gasteiger partial charge is 0.354 e. The number of nitrogens with zero attached hydrogens (tertiary/aromatic N) is 1. The minimum Gasteiger partial charge on any atom is -0.354 e. The number of aromatic nitrogens is 1. The van der Waals surface area contributed by atoms with Crippen LogP contribution in [0.3, 0.4) is 0 Å². The number of hydrogen-bond acceptors (Lipinski definition) is 1. The average Bonchev–Trinajstić information content (AvgIpc) is 2.61. The quantitative estimate of drug-likeness (QED) is 0.867. The molecule has 0 spiro atoms. The van der Waals surface area contributed by atoms with E-state index in [9.17, 15) is 9.18 Å². The molecule has 0 saturated heterocycles. The molecule has 2 aromatic rings. The number of carbonyl (C=O) groups is 1. The van der Waals surface area contributed by atoms with Crippen LogP contribution in [-0.2, 0) is 11.2 Å². The SMILES string of the molecule is CC(=O)NC(C)Cc1ccn2cccc(F)c12. The summed E-state index contributed by atoms with van der Waals surface area (Å²) in [5, 5.41) is 2.79. The van der Waals surface area contributed by atoms with E-state index in [1.165, 1.54) is 13.0 Å². The molecule has 2 rings (SSSR count). The van der Waals surface area contributed by atoms with E-state index in [2.05, 4.69) is 5.32 Å². The van der Waals surface area contributed by atoms with Gasteiger partial charge in [-0.05, 0) is 37.1 Å². The molecular weight excluding hydrogens is 219 g/mol. The molecule has 2 aromatic heterocycles. The predicted octanol–water partition coefficient (Wildman–Crippen LogP) is 2.15. The summed E-state index contributed by atoms with van der Waals surface area (Å²) in [6, 6.07) is 5.00. The van der Waals surface area contributed by atoms with Gasteiger partial charge in [-0.1, -0.05) is 0 Å². The van der Waals surface area contributed by atoms with Crippen molar-refractivity contribution in [3.8, 4) is 0 Å². The third-order valence-corrected chi connectivity index (χ3v) is 2.69. The fourth-order valence-corrected chi connectivity index (χ4v) is 2.08. The second-order valence-electron chi connectivity index (χ2n) is 4.26. The van der Waals surface area contributed by atoms with E-state index in [-0.39, 0.29) is 17.8 Å². The molecule has 4 heteroatoms. The maximum Gasteiger partial charge on any atom is 0.217 e. The third-order valence-electron chi connectivity index (χ3n) is 2.69. The van der Waals surface area contributed by atoms with Crippen molar-refractivity contribution in [1.82, 2.24) is 9.72 Å². The minimum atomic E-state index is -0.234. The molecule has 0 fully saturated rings. The molecule has 0 aliphatic carbocycles. The second kappa shape index (κ2) is 4.57. The number of pyridine rings is 1. The van der Waals surface area contributed by atoms with Crippen LogP contribution in [0.2, 0.25) is 0 Å². The molecule has 0 radical (unpaired) electrons. The van der Waals surface area contributed by atoms with Crippen molar-refractivity contribution in [3.05, 3.63) is 42.0 Å². The summed E-state index contributed by atoms with van der Waals surface area (Å²) in [6.07, 6.45) is 4.26. The van der Waals surface area contributed by atoms with Gasteiger partial charge in [0.2, 0.25) is 5.91 Å². The van der Waals surface area contributed by atoms with E-state index < -0.39 is 0 Å². The highest BCUT2D eigenvalue weighted by Crippen LogP contribution is 2.17. The van der Waals surface area contributed by atoms with Crippen LogP contribution in [-0.4, -0.2) is 16.3 Å². The Kier molecular flexibility index (Phi) is 3.13. The van der Waals surface area contributed by atoms with Gasteiger partial charge >= 0.3 is 0 Å². The summed E-state index contributed by atoms with van der Waals surface area (Å²) in [6.45, 7) is 3.39. The van der Waals surface area contributed by atoms with Crippen molar-refractivity contribution in [1.29, 1.82) is 0 Å². The van der Waals surface area contributed by atoms with E-state index in [0.29, 0.717) is 11.9 Å². The van der Waals surface area contributed by atoms with Crippen molar-refractivity contribution in [2.24, 2.45) is 0 Å². The van der Waals surface area contributed by atoms with Crippen LogP contribution < -0.4 is 5.32 Å². The standard InChI is InChI=1S/C13H15FN2O/c1-9(15-10(2)17)8-11-5-7-16-6-3-4-12(14)13(11)16/h3-7,9H,8H2,1-2H3,(H,15,17). The lowest BCUT2D eigenvalue weighted by Gasteiger charge is -2.11. The van der Waals surface area contributed by atoms with Crippen molar-refractivity contribution in [2.45, 2.75) is 26.3 Å². The Morgan fingerprint density at radius 1 is 1.47 bits per heavy atom. The van der Waals surface area contributed by atoms with Gasteiger partial charge in [-0.15, -0.1) is 0 Å². The van der Waals surface area contributed by atoms with E-state index in [0.717, 1.165) is 5.56 Å². The number of carbonyl (C=O) groups excluding carboxylic acids is 1. The predicted molar refractivity (Wildman–Crippen MR) is 64.3 cm³/mol. The molecule has 0 aromatic carbocycles. The van der Waals surface area contributed by atoms with Gasteiger partial charge in [0, 0.05) is 25.4 Å². The number of nitrogens with one attached hydrogen (secondary N) is 1. The van der Waals surface area contributed by atoms with E-state index >= 15 is 0 Å². The third kappa shape index (κ3) is 2.46. The van der Waals surface area contributed by atoms with Crippen LogP contribution in [0.15, 0.2) is 30.6 Å². The number of rotatable bonds is 3. The molecule has 0 aliphatic heterocycles. The minimum absolute atomic E-state index is 0.00157. The van der Waals surface area contributed by atoms with Gasteiger partial charge in [0.25, 0.3) is 0 Å². The van der Waals surface area contributed by atoms with Crippen molar-refractivity contribution in [3.63, 3.8) is 0 Å². The first-order valence-corrected chi connectivity index (χ1v) is 5.59. The molecule has 90 valence electrons. The van der Waals surface area contributed by atoms with Crippen molar-refractivity contribution >= 4 is 11.4 Å². The molecule has 3 nitrogen and oxygen atoms in total. The van der Waals surface area contributed by atoms with Crippen molar-refractivity contribution in [2.75, 3.05) is 0 Å². The zero-order chi connectivity index (χ0) is 12.4. The summed E-state index contributed by atoms with van der Waals surface area (Å²) in [7, 11) is 0. The zero-order valence-corrected chi connectivity index (χ0v) is 9.90. The van der Waals surface area contributed by atoms with Crippen LogP contribution in [0.1, 0.15) is 19.4 Å². The number of fused-ring (bicyclic) bond motifs is 1. The Bertz CT molecular complexity index is 547. The van der Waals surface area contributed by atoms with E-state index in [1.54, 1.807) is 10.5 Å². The number of halogens is 1. The van der Waals surface area contributed by atoms with Gasteiger partial charge < -0.3 is 9.72 Å². The summed E-state index contributed by atoms with van der Waals surface area (Å²) in [4.78, 5) is 10.9. The molecule has 2 heterocycles. The second-order valence-corrected chi connectivity index (χ2v) is 4.26. The van der Waals surface area contributed by atoms with Gasteiger partial charge in [0.05, 0.1) is 5.52 Å². The first-order valence-electron chi connectivity index (χ1n) is 5.59. The summed E-state index contributed by atoms with van der Waals surface area (Å²) >= 11 is 0. The Hall–Kier alpha value is -1.84. The van der Waals surface area contributed by atoms with Gasteiger partial charge in [-0.2, -0.15) is 0 Å². The molecule has 1 atom stereocenters. The molecule has 0 bridgehead atoms. The zero-order valence-electron chi connectivity index (χ0n) is 9.90. The van der Waals surface area contributed by atoms with Crippen LogP contribution in [0.4, 0.5) is 4.39 Å². The van der Waals surface area contributed by atoms with E-state index in [1.807, 2.05) is 25.4 Å². The van der Waals surface area contributed by atoms with Gasteiger partial charge in [0.15, 0.2) is 0 Å². The maximum absolute atomic E-state index is 13.7. The Morgan fingerprint density at radius 2 is 2.24 bits per heavy atom. The monoisotopic (exact) mass is 234 g/mol. The Balaban J connectivity index is 2.27. The topological polar surface area (TPSA) is 33.5 Å². The van der Waals surface area contributed by atoms with Gasteiger partial charge in [-0.3, -0.25) is 4.79 Å². The smallest absolute Gasteiger partial charge is 0.217 e. The highest BCUT2D eigenvalue weighted by Gasteiger charge is 2.11. The maximum atomic E-state index is 13.7. The normalized spacial score (nSPS) is 12.6.